The van der Waals surface area contributed by atoms with Crippen molar-refractivity contribution in [2.24, 2.45) is 0 Å². The standard InChI is InChI=1S/C23H21FN6O2/c1-14-11-29(13-25-14)20-7-3-16(10-22(20)32-2)19-12-30(28-27-19)21-8-4-15-9-17(24)5-6-18(15)26-23(21)31/h3,5-7,9-13,21H,4,8H2,1-2H3,(H,26,31). The number of halogens is 1. The van der Waals surface area contributed by atoms with E-state index in [0.717, 1.165) is 22.5 Å². The number of aromatic nitrogens is 5. The van der Waals surface area contributed by atoms with Gasteiger partial charge in [0.05, 0.1) is 31.0 Å². The molecule has 32 heavy (non-hydrogen) atoms. The van der Waals surface area contributed by atoms with E-state index in [1.54, 1.807) is 30.4 Å². The number of fused-ring (bicyclic) bond motifs is 1. The summed E-state index contributed by atoms with van der Waals surface area (Å²) in [6, 6.07) is 9.58. The highest BCUT2D eigenvalue weighted by molar-refractivity contribution is 5.95. The van der Waals surface area contributed by atoms with Crippen LogP contribution < -0.4 is 10.1 Å². The van der Waals surface area contributed by atoms with Crippen LogP contribution in [0, 0.1) is 12.7 Å². The molecule has 162 valence electrons. The molecule has 1 N–H and O–H groups in total. The fourth-order valence-electron chi connectivity index (χ4n) is 3.95. The molecule has 2 aromatic heterocycles. The van der Waals surface area contributed by atoms with E-state index >= 15 is 0 Å². The summed E-state index contributed by atoms with van der Waals surface area (Å²) >= 11 is 0. The minimum Gasteiger partial charge on any atom is -0.495 e. The zero-order valence-corrected chi connectivity index (χ0v) is 17.6. The average molecular weight is 432 g/mol. The number of imidazole rings is 1. The first-order chi connectivity index (χ1) is 15.5. The number of hydrogen-bond donors (Lipinski definition) is 1. The van der Waals surface area contributed by atoms with Gasteiger partial charge >= 0.3 is 0 Å². The van der Waals surface area contributed by atoms with Crippen molar-refractivity contribution in [3.05, 3.63) is 72.2 Å². The Balaban J connectivity index is 1.42. The second-order valence-electron chi connectivity index (χ2n) is 7.74. The highest BCUT2D eigenvalue weighted by atomic mass is 19.1. The van der Waals surface area contributed by atoms with Crippen LogP contribution in [-0.4, -0.2) is 37.6 Å². The number of rotatable bonds is 4. The molecule has 9 heteroatoms. The summed E-state index contributed by atoms with van der Waals surface area (Å²) in [6.45, 7) is 1.92. The van der Waals surface area contributed by atoms with Gasteiger partial charge in [-0.25, -0.2) is 14.1 Å². The number of ether oxygens (including phenoxy) is 1. The lowest BCUT2D eigenvalue weighted by atomic mass is 10.1. The monoisotopic (exact) mass is 432 g/mol. The van der Waals surface area contributed by atoms with Gasteiger partial charge in [0.15, 0.2) is 0 Å². The minimum atomic E-state index is -0.540. The molecule has 1 aliphatic heterocycles. The first kappa shape index (κ1) is 19.9. The molecule has 3 heterocycles. The number of aryl methyl sites for hydroxylation is 2. The van der Waals surface area contributed by atoms with E-state index in [1.807, 2.05) is 35.9 Å². The Kier molecular flexibility index (Phi) is 4.93. The first-order valence-electron chi connectivity index (χ1n) is 10.2. The molecule has 0 aliphatic carbocycles. The van der Waals surface area contributed by atoms with E-state index in [4.69, 9.17) is 4.74 Å². The van der Waals surface area contributed by atoms with Crippen LogP contribution in [-0.2, 0) is 11.2 Å². The summed E-state index contributed by atoms with van der Waals surface area (Å²) in [5.41, 5.74) is 4.61. The lowest BCUT2D eigenvalue weighted by molar-refractivity contribution is -0.119. The number of carbonyl (C=O) groups is 1. The van der Waals surface area contributed by atoms with E-state index in [1.165, 1.54) is 12.1 Å². The quantitative estimate of drug-likeness (QED) is 0.531. The van der Waals surface area contributed by atoms with Gasteiger partial charge in [0.25, 0.3) is 0 Å². The molecule has 4 aromatic rings. The van der Waals surface area contributed by atoms with Gasteiger partial charge < -0.3 is 14.6 Å². The SMILES string of the molecule is COc1cc(-c2cn(C3CCc4cc(F)ccc4NC3=O)nn2)ccc1-n1cnc(C)c1. The van der Waals surface area contributed by atoms with Crippen LogP contribution in [0.2, 0.25) is 0 Å². The fourth-order valence-corrected chi connectivity index (χ4v) is 3.95. The molecule has 1 atom stereocenters. The van der Waals surface area contributed by atoms with Gasteiger partial charge in [0, 0.05) is 17.4 Å². The lowest BCUT2D eigenvalue weighted by Gasteiger charge is -2.12. The summed E-state index contributed by atoms with van der Waals surface area (Å²) in [6.07, 6.45) is 6.45. The van der Waals surface area contributed by atoms with Gasteiger partial charge in [-0.1, -0.05) is 11.3 Å². The Morgan fingerprint density at radius 3 is 2.84 bits per heavy atom. The number of carbonyl (C=O) groups excluding carboxylic acids is 1. The maximum Gasteiger partial charge on any atom is 0.249 e. The number of nitrogens with one attached hydrogen (secondary N) is 1. The Hall–Kier alpha value is -4.01. The van der Waals surface area contributed by atoms with Crippen molar-refractivity contribution in [1.82, 2.24) is 24.5 Å². The number of hydrogen-bond acceptors (Lipinski definition) is 5. The Labute approximate surface area is 183 Å². The van der Waals surface area contributed by atoms with E-state index in [2.05, 4.69) is 20.6 Å². The maximum atomic E-state index is 13.6. The summed E-state index contributed by atoms with van der Waals surface area (Å²) in [5.74, 6) is 0.150. The normalized spacial score (nSPS) is 15.7. The van der Waals surface area contributed by atoms with E-state index in [-0.39, 0.29) is 11.7 Å². The molecule has 0 saturated heterocycles. The van der Waals surface area contributed by atoms with Crippen molar-refractivity contribution in [1.29, 1.82) is 0 Å². The van der Waals surface area contributed by atoms with Gasteiger partial charge in [-0.05, 0) is 55.7 Å². The van der Waals surface area contributed by atoms with Crippen LogP contribution in [0.4, 0.5) is 10.1 Å². The second kappa shape index (κ2) is 7.92. The molecule has 5 rings (SSSR count). The van der Waals surface area contributed by atoms with Crippen LogP contribution >= 0.6 is 0 Å². The smallest absolute Gasteiger partial charge is 0.249 e. The van der Waals surface area contributed by atoms with Crippen molar-refractivity contribution < 1.29 is 13.9 Å². The number of anilines is 1. The zero-order chi connectivity index (χ0) is 22.2. The Morgan fingerprint density at radius 1 is 1.19 bits per heavy atom. The second-order valence-corrected chi connectivity index (χ2v) is 7.74. The number of methoxy groups -OCH3 is 1. The number of nitrogens with zero attached hydrogens (tertiary/aromatic N) is 5. The molecule has 0 fully saturated rings. The minimum absolute atomic E-state index is 0.199. The Bertz CT molecular complexity index is 1310. The largest absolute Gasteiger partial charge is 0.495 e. The van der Waals surface area contributed by atoms with Crippen LogP contribution in [0.25, 0.3) is 16.9 Å². The topological polar surface area (TPSA) is 86.9 Å². The van der Waals surface area contributed by atoms with Crippen molar-refractivity contribution in [2.75, 3.05) is 12.4 Å². The summed E-state index contributed by atoms with van der Waals surface area (Å²) in [7, 11) is 1.61. The molecular formula is C23H21FN6O2. The molecule has 1 aliphatic rings. The molecule has 0 bridgehead atoms. The maximum absolute atomic E-state index is 13.6. The van der Waals surface area contributed by atoms with Gasteiger partial charge in [-0.2, -0.15) is 0 Å². The summed E-state index contributed by atoms with van der Waals surface area (Å²) in [5, 5.41) is 11.3. The number of amides is 1. The van der Waals surface area contributed by atoms with Crippen molar-refractivity contribution in [2.45, 2.75) is 25.8 Å². The van der Waals surface area contributed by atoms with E-state index < -0.39 is 6.04 Å². The molecule has 2 aromatic carbocycles. The van der Waals surface area contributed by atoms with Crippen LogP contribution in [0.15, 0.2) is 55.1 Å². The third-order valence-corrected chi connectivity index (χ3v) is 5.61. The van der Waals surface area contributed by atoms with Crippen LogP contribution in [0.5, 0.6) is 5.75 Å². The molecule has 1 amide bonds. The molecule has 8 nitrogen and oxygen atoms in total. The fraction of sp³-hybridized carbons (Fsp3) is 0.217. The highest BCUT2D eigenvalue weighted by Gasteiger charge is 2.26. The number of benzene rings is 2. The predicted octanol–water partition coefficient (Wildman–Crippen LogP) is 3.71. The molecule has 0 spiro atoms. The van der Waals surface area contributed by atoms with Crippen molar-refractivity contribution in [3.63, 3.8) is 0 Å². The van der Waals surface area contributed by atoms with Gasteiger partial charge in [0.1, 0.15) is 23.3 Å². The third kappa shape index (κ3) is 3.62. The van der Waals surface area contributed by atoms with Gasteiger partial charge in [-0.3, -0.25) is 4.79 Å². The molecule has 1 unspecified atom stereocenters. The molecular weight excluding hydrogens is 411 g/mol. The van der Waals surface area contributed by atoms with Crippen molar-refractivity contribution >= 4 is 11.6 Å². The van der Waals surface area contributed by atoms with Gasteiger partial charge in [-0.15, -0.1) is 5.10 Å². The summed E-state index contributed by atoms with van der Waals surface area (Å²) in [4.78, 5) is 17.1. The van der Waals surface area contributed by atoms with Crippen LogP contribution in [0.3, 0.4) is 0 Å². The van der Waals surface area contributed by atoms with Crippen molar-refractivity contribution in [3.8, 4) is 22.7 Å². The Morgan fingerprint density at radius 2 is 2.06 bits per heavy atom. The summed E-state index contributed by atoms with van der Waals surface area (Å²) < 4.78 is 22.6. The third-order valence-electron chi connectivity index (χ3n) is 5.61. The predicted molar refractivity (Wildman–Crippen MR) is 116 cm³/mol. The van der Waals surface area contributed by atoms with Gasteiger partial charge in [0.2, 0.25) is 5.91 Å². The first-order valence-corrected chi connectivity index (χ1v) is 10.2. The molecule has 0 radical (unpaired) electrons. The molecule has 0 saturated carbocycles. The van der Waals surface area contributed by atoms with E-state index in [9.17, 15) is 9.18 Å². The zero-order valence-electron chi connectivity index (χ0n) is 17.6. The van der Waals surface area contributed by atoms with Crippen LogP contribution in [0.1, 0.15) is 23.7 Å². The highest BCUT2D eigenvalue weighted by Crippen LogP contribution is 2.31. The lowest BCUT2D eigenvalue weighted by Crippen LogP contribution is -2.25. The average Bonchev–Trinajstić information content (AvgIpc) is 3.41. The van der Waals surface area contributed by atoms with E-state index in [0.29, 0.717) is 30.0 Å².